The van der Waals surface area contributed by atoms with E-state index < -0.39 is 9.84 Å². The molecular formula is C12H23NO3S. The molecule has 1 saturated heterocycles. The number of carbonyl (C=O) groups excluding carboxylic acids is 1. The Morgan fingerprint density at radius 2 is 1.94 bits per heavy atom. The van der Waals surface area contributed by atoms with Gasteiger partial charge in [0.2, 0.25) is 5.91 Å². The van der Waals surface area contributed by atoms with Gasteiger partial charge in [-0.05, 0) is 12.8 Å². The molecule has 1 unspecified atom stereocenters. The van der Waals surface area contributed by atoms with Crippen LogP contribution in [0, 0.1) is 0 Å². The fourth-order valence-electron chi connectivity index (χ4n) is 2.10. The number of carbonyl (C=O) groups is 1. The monoisotopic (exact) mass is 261 g/mol. The molecule has 1 rings (SSSR count). The average molecular weight is 261 g/mol. The first-order valence-electron chi connectivity index (χ1n) is 6.53. The number of nitrogens with one attached hydrogen (secondary N) is 1. The smallest absolute Gasteiger partial charge is 0.220 e. The van der Waals surface area contributed by atoms with Gasteiger partial charge in [0.25, 0.3) is 0 Å². The lowest BCUT2D eigenvalue weighted by molar-refractivity contribution is -0.121. The molecule has 1 amide bonds. The van der Waals surface area contributed by atoms with Crippen molar-refractivity contribution in [2.75, 3.05) is 11.5 Å². The number of hydrogen-bond acceptors (Lipinski definition) is 3. The fourth-order valence-corrected chi connectivity index (χ4v) is 3.77. The Bertz CT molecular complexity index is 338. The van der Waals surface area contributed by atoms with Crippen LogP contribution in [0.2, 0.25) is 0 Å². The number of hydrogen-bond donors (Lipinski definition) is 1. The molecule has 17 heavy (non-hydrogen) atoms. The van der Waals surface area contributed by atoms with Crippen LogP contribution in [0.5, 0.6) is 0 Å². The van der Waals surface area contributed by atoms with E-state index >= 15 is 0 Å². The van der Waals surface area contributed by atoms with Crippen LogP contribution < -0.4 is 5.32 Å². The van der Waals surface area contributed by atoms with Crippen molar-refractivity contribution in [2.24, 2.45) is 0 Å². The summed E-state index contributed by atoms with van der Waals surface area (Å²) in [5.74, 6) is 0.340. The highest BCUT2D eigenvalue weighted by atomic mass is 32.2. The molecule has 1 fully saturated rings. The Labute approximate surface area is 104 Å². The molecule has 0 aromatic rings. The van der Waals surface area contributed by atoms with E-state index in [1.54, 1.807) is 0 Å². The van der Waals surface area contributed by atoms with Gasteiger partial charge >= 0.3 is 0 Å². The maximum Gasteiger partial charge on any atom is 0.220 e. The Hall–Kier alpha value is -0.580. The molecular weight excluding hydrogens is 238 g/mol. The third-order valence-electron chi connectivity index (χ3n) is 3.10. The van der Waals surface area contributed by atoms with Crippen molar-refractivity contribution in [3.05, 3.63) is 0 Å². The highest BCUT2D eigenvalue weighted by molar-refractivity contribution is 7.91. The van der Waals surface area contributed by atoms with E-state index in [0.29, 0.717) is 12.8 Å². The van der Waals surface area contributed by atoms with Gasteiger partial charge in [-0.25, -0.2) is 8.42 Å². The normalized spacial score (nSPS) is 22.5. The van der Waals surface area contributed by atoms with E-state index in [1.807, 2.05) is 0 Å². The van der Waals surface area contributed by atoms with Crippen LogP contribution in [0.25, 0.3) is 0 Å². The van der Waals surface area contributed by atoms with Crippen LogP contribution in [0.15, 0.2) is 0 Å². The standard InChI is InChI=1S/C12H23NO3S/c1-2-3-4-5-6-7-12(14)13-11-8-9-17(15,16)10-11/h11H,2-10H2,1H3,(H,13,14). The Morgan fingerprint density at radius 3 is 2.53 bits per heavy atom. The van der Waals surface area contributed by atoms with Gasteiger partial charge < -0.3 is 5.32 Å². The van der Waals surface area contributed by atoms with Crippen molar-refractivity contribution < 1.29 is 13.2 Å². The van der Waals surface area contributed by atoms with Crippen molar-refractivity contribution in [1.29, 1.82) is 0 Å². The summed E-state index contributed by atoms with van der Waals surface area (Å²) in [6, 6.07) is -0.150. The highest BCUT2D eigenvalue weighted by Gasteiger charge is 2.28. The second kappa shape index (κ2) is 6.99. The maximum absolute atomic E-state index is 11.5. The Morgan fingerprint density at radius 1 is 1.24 bits per heavy atom. The van der Waals surface area contributed by atoms with Crippen LogP contribution in [0.1, 0.15) is 51.9 Å². The molecule has 100 valence electrons. The van der Waals surface area contributed by atoms with E-state index in [9.17, 15) is 13.2 Å². The second-order valence-electron chi connectivity index (χ2n) is 4.83. The minimum atomic E-state index is -2.89. The number of rotatable bonds is 7. The lowest BCUT2D eigenvalue weighted by Crippen LogP contribution is -2.35. The summed E-state index contributed by atoms with van der Waals surface area (Å²) in [6.07, 6.45) is 6.70. The van der Waals surface area contributed by atoms with Gasteiger partial charge in [0.05, 0.1) is 11.5 Å². The fraction of sp³-hybridized carbons (Fsp3) is 0.917. The zero-order chi connectivity index (χ0) is 12.7. The third kappa shape index (κ3) is 6.05. The summed E-state index contributed by atoms with van der Waals surface area (Å²) in [7, 11) is -2.89. The van der Waals surface area contributed by atoms with Gasteiger partial charge in [0, 0.05) is 12.5 Å². The van der Waals surface area contributed by atoms with Crippen molar-refractivity contribution >= 4 is 15.7 Å². The molecule has 0 radical (unpaired) electrons. The van der Waals surface area contributed by atoms with E-state index in [-0.39, 0.29) is 23.5 Å². The average Bonchev–Trinajstić information content (AvgIpc) is 2.57. The SMILES string of the molecule is CCCCCCCC(=O)NC1CCS(=O)(=O)C1. The van der Waals surface area contributed by atoms with Crippen LogP contribution in [-0.2, 0) is 14.6 Å². The Balaban J connectivity index is 2.09. The minimum Gasteiger partial charge on any atom is -0.352 e. The molecule has 5 heteroatoms. The van der Waals surface area contributed by atoms with Crippen LogP contribution in [-0.4, -0.2) is 31.9 Å². The highest BCUT2D eigenvalue weighted by Crippen LogP contribution is 2.12. The van der Waals surface area contributed by atoms with Crippen molar-refractivity contribution in [2.45, 2.75) is 57.9 Å². The zero-order valence-electron chi connectivity index (χ0n) is 10.6. The molecule has 1 atom stereocenters. The molecule has 0 bridgehead atoms. The number of amides is 1. The summed E-state index contributed by atoms with van der Waals surface area (Å²) in [5.41, 5.74) is 0. The Kier molecular flexibility index (Phi) is 5.95. The van der Waals surface area contributed by atoms with E-state index in [4.69, 9.17) is 0 Å². The molecule has 0 spiro atoms. The lowest BCUT2D eigenvalue weighted by atomic mass is 10.1. The zero-order valence-corrected chi connectivity index (χ0v) is 11.4. The predicted molar refractivity (Wildman–Crippen MR) is 68.6 cm³/mol. The van der Waals surface area contributed by atoms with E-state index in [0.717, 1.165) is 12.8 Å². The van der Waals surface area contributed by atoms with Crippen molar-refractivity contribution in [1.82, 2.24) is 5.32 Å². The first kappa shape index (κ1) is 14.5. The summed E-state index contributed by atoms with van der Waals surface area (Å²) < 4.78 is 22.4. The molecule has 0 saturated carbocycles. The summed E-state index contributed by atoms with van der Waals surface area (Å²) in [4.78, 5) is 11.5. The molecule has 1 aliphatic heterocycles. The van der Waals surface area contributed by atoms with Crippen molar-refractivity contribution in [3.8, 4) is 0 Å². The number of unbranched alkanes of at least 4 members (excludes halogenated alkanes) is 4. The third-order valence-corrected chi connectivity index (χ3v) is 4.87. The van der Waals surface area contributed by atoms with E-state index in [1.165, 1.54) is 19.3 Å². The molecule has 1 heterocycles. The first-order chi connectivity index (χ1) is 8.03. The molecule has 0 aliphatic carbocycles. The topological polar surface area (TPSA) is 63.2 Å². The molecule has 4 nitrogen and oxygen atoms in total. The summed E-state index contributed by atoms with van der Waals surface area (Å²) in [6.45, 7) is 2.16. The first-order valence-corrected chi connectivity index (χ1v) is 8.35. The van der Waals surface area contributed by atoms with Gasteiger partial charge in [-0.2, -0.15) is 0 Å². The van der Waals surface area contributed by atoms with Gasteiger partial charge in [-0.3, -0.25) is 4.79 Å². The second-order valence-corrected chi connectivity index (χ2v) is 7.06. The van der Waals surface area contributed by atoms with Crippen molar-refractivity contribution in [3.63, 3.8) is 0 Å². The molecule has 0 aromatic carbocycles. The van der Waals surface area contributed by atoms with Crippen LogP contribution in [0.3, 0.4) is 0 Å². The number of sulfone groups is 1. The van der Waals surface area contributed by atoms with Crippen LogP contribution >= 0.6 is 0 Å². The van der Waals surface area contributed by atoms with Gasteiger partial charge in [0.15, 0.2) is 9.84 Å². The predicted octanol–water partition coefficient (Wildman–Crippen LogP) is 1.65. The summed E-state index contributed by atoms with van der Waals surface area (Å²) >= 11 is 0. The van der Waals surface area contributed by atoms with Gasteiger partial charge in [-0.1, -0.05) is 32.6 Å². The molecule has 1 aliphatic rings. The largest absolute Gasteiger partial charge is 0.352 e. The van der Waals surface area contributed by atoms with Crippen LogP contribution in [0.4, 0.5) is 0 Å². The quantitative estimate of drug-likeness (QED) is 0.709. The van der Waals surface area contributed by atoms with E-state index in [2.05, 4.69) is 12.2 Å². The summed E-state index contributed by atoms with van der Waals surface area (Å²) in [5, 5.41) is 2.81. The van der Waals surface area contributed by atoms with Gasteiger partial charge in [0.1, 0.15) is 0 Å². The minimum absolute atomic E-state index is 0.00333. The molecule has 0 aromatic heterocycles. The lowest BCUT2D eigenvalue weighted by Gasteiger charge is -2.10. The van der Waals surface area contributed by atoms with Gasteiger partial charge in [-0.15, -0.1) is 0 Å². The molecule has 1 N–H and O–H groups in total. The maximum atomic E-state index is 11.5.